The van der Waals surface area contributed by atoms with E-state index in [4.69, 9.17) is 4.74 Å². The van der Waals surface area contributed by atoms with E-state index in [1.54, 1.807) is 6.92 Å². The average Bonchev–Trinajstić information content (AvgIpc) is 2.68. The molecule has 2 unspecified atom stereocenters. The van der Waals surface area contributed by atoms with Crippen molar-refractivity contribution < 1.29 is 13.2 Å². The monoisotopic (exact) mass is 236 g/mol. The Morgan fingerprint density at radius 1 is 1.60 bits per heavy atom. The Hall–Kier alpha value is -0.170. The van der Waals surface area contributed by atoms with Crippen molar-refractivity contribution in [1.82, 2.24) is 10.0 Å². The minimum atomic E-state index is -3.22. The first-order chi connectivity index (χ1) is 7.06. The van der Waals surface area contributed by atoms with Gasteiger partial charge in [0.05, 0.1) is 11.9 Å². The molecule has 1 heterocycles. The molecule has 0 aliphatic carbocycles. The Balaban J connectivity index is 2.34. The van der Waals surface area contributed by atoms with E-state index in [1.807, 2.05) is 0 Å². The van der Waals surface area contributed by atoms with Gasteiger partial charge in [-0.3, -0.25) is 0 Å². The summed E-state index contributed by atoms with van der Waals surface area (Å²) in [5, 5.41) is 2.75. The van der Waals surface area contributed by atoms with Gasteiger partial charge in [-0.15, -0.1) is 0 Å². The molecule has 2 atom stereocenters. The topological polar surface area (TPSA) is 67.4 Å². The predicted octanol–water partition coefficient (Wildman–Crippen LogP) is -0.307. The van der Waals surface area contributed by atoms with Crippen LogP contribution in [0.1, 0.15) is 19.8 Å². The van der Waals surface area contributed by atoms with Gasteiger partial charge in [-0.2, -0.15) is 0 Å². The van der Waals surface area contributed by atoms with Crippen LogP contribution < -0.4 is 10.0 Å². The van der Waals surface area contributed by atoms with E-state index in [0.717, 1.165) is 19.4 Å². The van der Waals surface area contributed by atoms with Gasteiger partial charge in [-0.1, -0.05) is 0 Å². The van der Waals surface area contributed by atoms with Gasteiger partial charge in [0.15, 0.2) is 0 Å². The van der Waals surface area contributed by atoms with Crippen LogP contribution in [0.3, 0.4) is 0 Å². The van der Waals surface area contributed by atoms with Crippen molar-refractivity contribution in [3.05, 3.63) is 0 Å². The molecular weight excluding hydrogens is 216 g/mol. The fraction of sp³-hybridized carbons (Fsp3) is 1.00. The lowest BCUT2D eigenvalue weighted by atomic mass is 10.2. The second kappa shape index (κ2) is 5.79. The lowest BCUT2D eigenvalue weighted by molar-refractivity contribution is 0.200. The van der Waals surface area contributed by atoms with E-state index in [-0.39, 0.29) is 12.6 Å². The molecule has 0 spiro atoms. The van der Waals surface area contributed by atoms with Crippen LogP contribution >= 0.6 is 0 Å². The van der Waals surface area contributed by atoms with Crippen LogP contribution in [0.15, 0.2) is 0 Å². The van der Waals surface area contributed by atoms with Gasteiger partial charge in [-0.05, 0) is 26.3 Å². The maximum Gasteiger partial charge on any atom is 0.216 e. The van der Waals surface area contributed by atoms with Crippen LogP contribution in [-0.4, -0.2) is 46.5 Å². The number of sulfonamides is 1. The molecule has 0 aromatic rings. The van der Waals surface area contributed by atoms with Crippen molar-refractivity contribution in [1.29, 1.82) is 0 Å². The van der Waals surface area contributed by atoms with Crippen molar-refractivity contribution in [2.45, 2.75) is 31.1 Å². The highest BCUT2D eigenvalue weighted by molar-refractivity contribution is 7.90. The Morgan fingerprint density at radius 3 is 2.87 bits per heavy atom. The molecule has 2 N–H and O–H groups in total. The van der Waals surface area contributed by atoms with Gasteiger partial charge in [-0.25, -0.2) is 13.1 Å². The fourth-order valence-electron chi connectivity index (χ4n) is 1.61. The van der Waals surface area contributed by atoms with Crippen molar-refractivity contribution >= 4 is 10.0 Å². The highest BCUT2D eigenvalue weighted by atomic mass is 32.2. The van der Waals surface area contributed by atoms with Crippen LogP contribution in [0.5, 0.6) is 0 Å². The van der Waals surface area contributed by atoms with Crippen LogP contribution in [0.4, 0.5) is 0 Å². The predicted molar refractivity (Wildman–Crippen MR) is 59.3 cm³/mol. The average molecular weight is 236 g/mol. The highest BCUT2D eigenvalue weighted by Gasteiger charge is 2.22. The van der Waals surface area contributed by atoms with Gasteiger partial charge in [0.25, 0.3) is 0 Å². The first-order valence-corrected chi connectivity index (χ1v) is 6.81. The number of hydrogen-bond donors (Lipinski definition) is 2. The van der Waals surface area contributed by atoms with Crippen molar-refractivity contribution in [2.24, 2.45) is 0 Å². The Morgan fingerprint density at radius 2 is 2.33 bits per heavy atom. The third kappa shape index (κ3) is 4.06. The molecule has 6 heteroatoms. The second-order valence-corrected chi connectivity index (χ2v) is 6.14. The summed E-state index contributed by atoms with van der Waals surface area (Å²) >= 11 is 0. The lowest BCUT2D eigenvalue weighted by Crippen LogP contribution is -2.41. The summed E-state index contributed by atoms with van der Waals surface area (Å²) in [7, 11) is -1.72. The quantitative estimate of drug-likeness (QED) is 0.664. The van der Waals surface area contributed by atoms with Gasteiger partial charge < -0.3 is 10.1 Å². The summed E-state index contributed by atoms with van der Waals surface area (Å²) in [6.45, 7) is 3.34. The molecule has 1 aliphatic rings. The SMILES string of the molecule is COCC(C)S(=O)(=O)NCC1CCCN1. The second-order valence-electron chi connectivity index (χ2n) is 3.95. The summed E-state index contributed by atoms with van der Waals surface area (Å²) in [6, 6.07) is 0.287. The molecule has 15 heavy (non-hydrogen) atoms. The first-order valence-electron chi connectivity index (χ1n) is 5.27. The minimum Gasteiger partial charge on any atom is -0.383 e. The molecule has 5 nitrogen and oxygen atoms in total. The molecule has 90 valence electrons. The molecule has 0 amide bonds. The molecule has 0 radical (unpaired) electrons. The number of nitrogens with one attached hydrogen (secondary N) is 2. The van der Waals surface area contributed by atoms with Gasteiger partial charge in [0.2, 0.25) is 10.0 Å². The Labute approximate surface area is 91.6 Å². The van der Waals surface area contributed by atoms with Gasteiger partial charge in [0, 0.05) is 19.7 Å². The van der Waals surface area contributed by atoms with E-state index in [1.165, 1.54) is 7.11 Å². The van der Waals surface area contributed by atoms with E-state index in [2.05, 4.69) is 10.0 Å². The maximum absolute atomic E-state index is 11.7. The van der Waals surface area contributed by atoms with E-state index in [9.17, 15) is 8.42 Å². The van der Waals surface area contributed by atoms with Crippen LogP contribution in [-0.2, 0) is 14.8 Å². The third-order valence-electron chi connectivity index (χ3n) is 2.62. The summed E-state index contributed by atoms with van der Waals surface area (Å²) in [6.07, 6.45) is 2.17. The molecule has 0 aromatic carbocycles. The molecule has 0 bridgehead atoms. The first kappa shape index (κ1) is 12.9. The highest BCUT2D eigenvalue weighted by Crippen LogP contribution is 2.05. The van der Waals surface area contributed by atoms with Crippen molar-refractivity contribution in [3.8, 4) is 0 Å². The smallest absolute Gasteiger partial charge is 0.216 e. The normalized spacial score (nSPS) is 24.3. The van der Waals surface area contributed by atoms with Crippen molar-refractivity contribution in [2.75, 3.05) is 26.8 Å². The number of methoxy groups -OCH3 is 1. The Kier molecular flexibility index (Phi) is 4.98. The van der Waals surface area contributed by atoms with Crippen LogP contribution in [0.25, 0.3) is 0 Å². The molecule has 1 aliphatic heterocycles. The molecule has 0 saturated carbocycles. The summed E-state index contributed by atoms with van der Waals surface area (Å²) in [5.74, 6) is 0. The fourth-order valence-corrected chi connectivity index (χ4v) is 2.65. The minimum absolute atomic E-state index is 0.230. The van der Waals surface area contributed by atoms with E-state index in [0.29, 0.717) is 6.54 Å². The molecule has 0 aromatic heterocycles. The zero-order valence-corrected chi connectivity index (χ0v) is 10.1. The van der Waals surface area contributed by atoms with Crippen LogP contribution in [0.2, 0.25) is 0 Å². The van der Waals surface area contributed by atoms with Crippen molar-refractivity contribution in [3.63, 3.8) is 0 Å². The molecular formula is C9H20N2O3S. The maximum atomic E-state index is 11.7. The summed E-state index contributed by atoms with van der Waals surface area (Å²) < 4.78 is 30.8. The molecule has 1 rings (SSSR count). The molecule has 1 saturated heterocycles. The third-order valence-corrected chi connectivity index (χ3v) is 4.39. The van der Waals surface area contributed by atoms with Gasteiger partial charge in [0.1, 0.15) is 0 Å². The number of ether oxygens (including phenoxy) is 1. The number of hydrogen-bond acceptors (Lipinski definition) is 4. The standard InChI is InChI=1S/C9H20N2O3S/c1-8(7-14-2)15(12,13)11-6-9-4-3-5-10-9/h8-11H,3-7H2,1-2H3. The van der Waals surface area contributed by atoms with Crippen LogP contribution in [0, 0.1) is 0 Å². The number of rotatable bonds is 6. The largest absolute Gasteiger partial charge is 0.383 e. The van der Waals surface area contributed by atoms with Gasteiger partial charge >= 0.3 is 0 Å². The summed E-state index contributed by atoms with van der Waals surface area (Å²) in [4.78, 5) is 0. The zero-order valence-electron chi connectivity index (χ0n) is 9.32. The van der Waals surface area contributed by atoms with E-state index < -0.39 is 15.3 Å². The Bertz CT molecular complexity index is 273. The zero-order chi connectivity index (χ0) is 11.3. The lowest BCUT2D eigenvalue weighted by Gasteiger charge is -2.15. The van der Waals surface area contributed by atoms with E-state index >= 15 is 0 Å². The summed E-state index contributed by atoms with van der Waals surface area (Å²) in [5.41, 5.74) is 0. The molecule has 1 fully saturated rings.